The number of anilines is 1. The van der Waals surface area contributed by atoms with E-state index >= 15 is 0 Å². The van der Waals surface area contributed by atoms with Gasteiger partial charge < -0.3 is 15.4 Å². The Morgan fingerprint density at radius 1 is 1.25 bits per heavy atom. The van der Waals surface area contributed by atoms with Gasteiger partial charge in [0.25, 0.3) is 0 Å². The van der Waals surface area contributed by atoms with Crippen LogP contribution in [-0.4, -0.2) is 49.6 Å². The molecule has 168 valence electrons. The summed E-state index contributed by atoms with van der Waals surface area (Å²) in [5, 5.41) is 4.35. The van der Waals surface area contributed by atoms with Gasteiger partial charge in [-0.3, -0.25) is 9.69 Å². The van der Waals surface area contributed by atoms with Crippen LogP contribution in [0, 0.1) is 0 Å². The van der Waals surface area contributed by atoms with E-state index in [1.165, 1.54) is 26.9 Å². The predicted octanol–water partition coefficient (Wildman–Crippen LogP) is 4.87. The fourth-order valence-corrected chi connectivity index (χ4v) is 6.24. The Bertz CT molecular complexity index is 1150. The highest BCUT2D eigenvalue weighted by molar-refractivity contribution is 7.17. The molecule has 2 aromatic carbocycles. The monoisotopic (exact) mass is 469 g/mol. The molecule has 32 heavy (non-hydrogen) atoms. The third-order valence-electron chi connectivity index (χ3n) is 6.77. The number of carbonyl (C=O) groups is 1. The number of ether oxygens (including phenoxy) is 1. The van der Waals surface area contributed by atoms with Gasteiger partial charge >= 0.3 is 0 Å². The number of nitrogens with two attached hydrogens (primary N) is 1. The number of halogens is 1. The second-order valence-electron chi connectivity index (χ2n) is 8.77. The van der Waals surface area contributed by atoms with Crippen LogP contribution in [0.2, 0.25) is 5.02 Å². The molecule has 0 saturated carbocycles. The summed E-state index contributed by atoms with van der Waals surface area (Å²) < 4.78 is 7.35. The number of piperazine rings is 1. The Labute approximate surface area is 197 Å². The number of thiophene rings is 1. The van der Waals surface area contributed by atoms with Crippen LogP contribution in [0.4, 0.5) is 5.69 Å². The van der Waals surface area contributed by atoms with Crippen molar-refractivity contribution in [2.45, 2.75) is 31.9 Å². The van der Waals surface area contributed by atoms with Crippen LogP contribution in [-0.2, 0) is 11.2 Å². The molecule has 0 radical (unpaired) electrons. The molecule has 2 N–H and O–H groups in total. The van der Waals surface area contributed by atoms with Crippen molar-refractivity contribution in [3.63, 3.8) is 0 Å². The highest BCUT2D eigenvalue weighted by Crippen LogP contribution is 2.36. The number of hydrogen-bond acceptors (Lipinski definition) is 5. The van der Waals surface area contributed by atoms with E-state index in [1.807, 2.05) is 24.3 Å². The average Bonchev–Trinajstić information content (AvgIpc) is 3.20. The molecule has 3 aromatic rings. The maximum atomic E-state index is 11.5. The lowest BCUT2D eigenvalue weighted by atomic mass is 9.93. The van der Waals surface area contributed by atoms with Crippen molar-refractivity contribution < 1.29 is 9.53 Å². The molecule has 1 amide bonds. The third-order valence-corrected chi connectivity index (χ3v) is 7.93. The van der Waals surface area contributed by atoms with Gasteiger partial charge in [-0.15, -0.1) is 11.3 Å². The van der Waals surface area contributed by atoms with Crippen molar-refractivity contribution in [2.75, 3.05) is 37.7 Å². The number of rotatable bonds is 5. The molecule has 0 aliphatic carbocycles. The van der Waals surface area contributed by atoms with Gasteiger partial charge in [0.05, 0.1) is 18.4 Å². The Morgan fingerprint density at radius 3 is 2.94 bits per heavy atom. The first kappa shape index (κ1) is 21.7. The summed E-state index contributed by atoms with van der Waals surface area (Å²) in [6.07, 6.45) is 1.87. The van der Waals surface area contributed by atoms with Gasteiger partial charge in [-0.1, -0.05) is 17.7 Å². The maximum Gasteiger partial charge on any atom is 0.248 e. The standard InChI is InChI=1S/C25H28ClN3O2S/c1-16-14-29(22-15-32-24-13-19(26)3-5-21(22)24)10-9-28(16)8-6-23-20-4-2-18(25(27)30)12-17(20)7-11-31-23/h2-5,12-13,15-16,23H,6-11,14H2,1H3,(H2,27,30)/t16-,23+/m1/s1. The second kappa shape index (κ2) is 9.02. The molecule has 7 heteroatoms. The lowest BCUT2D eigenvalue weighted by molar-refractivity contribution is 0.0255. The van der Waals surface area contributed by atoms with Gasteiger partial charge in [0.2, 0.25) is 5.91 Å². The molecule has 0 unspecified atom stereocenters. The van der Waals surface area contributed by atoms with E-state index in [9.17, 15) is 4.79 Å². The van der Waals surface area contributed by atoms with Crippen molar-refractivity contribution in [2.24, 2.45) is 5.73 Å². The van der Waals surface area contributed by atoms with Crippen LogP contribution in [0.15, 0.2) is 41.8 Å². The van der Waals surface area contributed by atoms with E-state index < -0.39 is 0 Å². The summed E-state index contributed by atoms with van der Waals surface area (Å²) in [7, 11) is 0. The van der Waals surface area contributed by atoms with Crippen molar-refractivity contribution in [1.82, 2.24) is 4.90 Å². The topological polar surface area (TPSA) is 58.8 Å². The summed E-state index contributed by atoms with van der Waals surface area (Å²) in [6, 6.07) is 12.4. The Balaban J connectivity index is 1.22. The first-order valence-electron chi connectivity index (χ1n) is 11.2. The molecule has 1 aromatic heterocycles. The van der Waals surface area contributed by atoms with Gasteiger partial charge in [-0.05, 0) is 61.2 Å². The minimum atomic E-state index is -0.371. The van der Waals surface area contributed by atoms with E-state index in [2.05, 4.69) is 34.2 Å². The van der Waals surface area contributed by atoms with Gasteiger partial charge in [-0.2, -0.15) is 0 Å². The zero-order valence-electron chi connectivity index (χ0n) is 18.2. The fourth-order valence-electron chi connectivity index (χ4n) is 4.99. The molecule has 0 bridgehead atoms. The molecule has 1 saturated heterocycles. The lowest BCUT2D eigenvalue weighted by Gasteiger charge is -2.41. The van der Waals surface area contributed by atoms with Crippen molar-refractivity contribution in [3.8, 4) is 0 Å². The first-order chi connectivity index (χ1) is 15.5. The second-order valence-corrected chi connectivity index (χ2v) is 10.1. The predicted molar refractivity (Wildman–Crippen MR) is 132 cm³/mol. The minimum Gasteiger partial charge on any atom is -0.373 e. The zero-order valence-corrected chi connectivity index (χ0v) is 19.8. The molecule has 2 aliphatic heterocycles. The van der Waals surface area contributed by atoms with E-state index in [0.29, 0.717) is 18.2 Å². The molecule has 3 heterocycles. The molecule has 5 nitrogen and oxygen atoms in total. The van der Waals surface area contributed by atoms with Crippen molar-refractivity contribution >= 4 is 44.6 Å². The normalized spacial score (nSPS) is 21.6. The molecule has 5 rings (SSSR count). The van der Waals surface area contributed by atoms with E-state index in [-0.39, 0.29) is 12.0 Å². The third kappa shape index (κ3) is 4.25. The zero-order chi connectivity index (χ0) is 22.2. The number of benzene rings is 2. The van der Waals surface area contributed by atoms with Crippen LogP contribution in [0.3, 0.4) is 0 Å². The van der Waals surface area contributed by atoms with Crippen molar-refractivity contribution in [1.29, 1.82) is 0 Å². The molecule has 0 spiro atoms. The summed E-state index contributed by atoms with van der Waals surface area (Å²) >= 11 is 7.93. The van der Waals surface area contributed by atoms with Crippen LogP contribution >= 0.6 is 22.9 Å². The number of hydrogen-bond donors (Lipinski definition) is 1. The number of amides is 1. The number of nitrogens with zero attached hydrogens (tertiary/aromatic N) is 2. The SMILES string of the molecule is C[C@@H]1CN(c2csc3cc(Cl)ccc23)CCN1CC[C@@H]1OCCc2cc(C(N)=O)ccc21. The van der Waals surface area contributed by atoms with Gasteiger partial charge in [0, 0.05) is 58.3 Å². The first-order valence-corrected chi connectivity index (χ1v) is 12.5. The Hall–Kier alpha value is -2.12. The maximum absolute atomic E-state index is 11.5. The summed E-state index contributed by atoms with van der Waals surface area (Å²) in [4.78, 5) is 16.6. The highest BCUT2D eigenvalue weighted by Gasteiger charge is 2.28. The van der Waals surface area contributed by atoms with E-state index in [4.69, 9.17) is 22.1 Å². The Morgan fingerprint density at radius 2 is 2.12 bits per heavy atom. The summed E-state index contributed by atoms with van der Waals surface area (Å²) in [6.45, 7) is 7.06. The summed E-state index contributed by atoms with van der Waals surface area (Å²) in [5.74, 6) is -0.371. The summed E-state index contributed by atoms with van der Waals surface area (Å²) in [5.41, 5.74) is 9.75. The van der Waals surface area contributed by atoms with E-state index in [0.717, 1.165) is 44.0 Å². The van der Waals surface area contributed by atoms with Crippen LogP contribution in [0.1, 0.15) is 40.9 Å². The minimum absolute atomic E-state index is 0.0801. The van der Waals surface area contributed by atoms with Gasteiger partial charge in [0.1, 0.15) is 0 Å². The average molecular weight is 470 g/mol. The quantitative estimate of drug-likeness (QED) is 0.579. The van der Waals surface area contributed by atoms with E-state index in [1.54, 1.807) is 11.3 Å². The van der Waals surface area contributed by atoms with Crippen LogP contribution < -0.4 is 10.6 Å². The molecule has 2 atom stereocenters. The van der Waals surface area contributed by atoms with Gasteiger partial charge in [-0.25, -0.2) is 0 Å². The van der Waals surface area contributed by atoms with Gasteiger partial charge in [0.15, 0.2) is 0 Å². The Kier molecular flexibility index (Phi) is 6.12. The molecular formula is C25H28ClN3O2S. The number of fused-ring (bicyclic) bond motifs is 2. The molecule has 1 fully saturated rings. The number of primary amides is 1. The largest absolute Gasteiger partial charge is 0.373 e. The van der Waals surface area contributed by atoms with Crippen LogP contribution in [0.25, 0.3) is 10.1 Å². The highest BCUT2D eigenvalue weighted by atomic mass is 35.5. The molecular weight excluding hydrogens is 442 g/mol. The number of carbonyl (C=O) groups excluding carboxylic acids is 1. The smallest absolute Gasteiger partial charge is 0.248 e. The lowest BCUT2D eigenvalue weighted by Crippen LogP contribution is -2.52. The van der Waals surface area contributed by atoms with Crippen LogP contribution in [0.5, 0.6) is 0 Å². The molecule has 2 aliphatic rings. The van der Waals surface area contributed by atoms with Crippen molar-refractivity contribution in [3.05, 3.63) is 63.5 Å². The fraction of sp³-hybridized carbons (Fsp3) is 0.400.